The number of para-hydroxylation sites is 2. The number of imidazole rings is 1. The van der Waals surface area contributed by atoms with Crippen molar-refractivity contribution in [3.63, 3.8) is 0 Å². The molecule has 1 N–H and O–H groups in total. The Labute approximate surface area is 122 Å². The Bertz CT molecular complexity index is 758. The van der Waals surface area contributed by atoms with E-state index in [1.807, 2.05) is 37.5 Å². The zero-order valence-electron chi connectivity index (χ0n) is 11.9. The van der Waals surface area contributed by atoms with Crippen molar-refractivity contribution < 1.29 is 9.21 Å². The van der Waals surface area contributed by atoms with Gasteiger partial charge in [0.05, 0.1) is 23.6 Å². The van der Waals surface area contributed by atoms with Crippen molar-refractivity contribution in [3.8, 4) is 0 Å². The largest absolute Gasteiger partial charge is 0.459 e. The minimum Gasteiger partial charge on any atom is -0.459 e. The topological polar surface area (TPSA) is 60.1 Å². The molecule has 0 saturated heterocycles. The van der Waals surface area contributed by atoms with Crippen molar-refractivity contribution in [2.75, 3.05) is 6.54 Å². The molecule has 2 aromatic heterocycles. The SMILES string of the molecule is Cc1ccoc1C(=O)NCCCn1cnc2ccccc21. The third-order valence-corrected chi connectivity index (χ3v) is 3.46. The third-order valence-electron chi connectivity index (χ3n) is 3.46. The molecule has 0 saturated carbocycles. The zero-order valence-corrected chi connectivity index (χ0v) is 11.9. The third kappa shape index (κ3) is 2.81. The van der Waals surface area contributed by atoms with Crippen molar-refractivity contribution in [2.24, 2.45) is 0 Å². The number of hydrogen-bond donors (Lipinski definition) is 1. The van der Waals surface area contributed by atoms with Crippen LogP contribution >= 0.6 is 0 Å². The molecule has 0 aliphatic rings. The van der Waals surface area contributed by atoms with E-state index in [1.54, 1.807) is 6.07 Å². The van der Waals surface area contributed by atoms with Gasteiger partial charge in [-0.25, -0.2) is 4.98 Å². The molecule has 0 bridgehead atoms. The van der Waals surface area contributed by atoms with E-state index in [9.17, 15) is 4.79 Å². The van der Waals surface area contributed by atoms with Gasteiger partial charge in [-0.15, -0.1) is 0 Å². The van der Waals surface area contributed by atoms with E-state index < -0.39 is 0 Å². The maximum atomic E-state index is 11.9. The molecule has 3 aromatic rings. The molecule has 1 aromatic carbocycles. The molecule has 2 heterocycles. The van der Waals surface area contributed by atoms with Gasteiger partial charge in [-0.2, -0.15) is 0 Å². The molecular formula is C16H17N3O2. The van der Waals surface area contributed by atoms with Crippen LogP contribution in [0.4, 0.5) is 0 Å². The number of amides is 1. The fourth-order valence-electron chi connectivity index (χ4n) is 2.33. The van der Waals surface area contributed by atoms with Crippen molar-refractivity contribution in [3.05, 3.63) is 54.2 Å². The lowest BCUT2D eigenvalue weighted by Crippen LogP contribution is -2.25. The summed E-state index contributed by atoms with van der Waals surface area (Å²) in [6, 6.07) is 9.81. The molecule has 0 aliphatic carbocycles. The zero-order chi connectivity index (χ0) is 14.7. The van der Waals surface area contributed by atoms with Crippen LogP contribution in [-0.4, -0.2) is 22.0 Å². The quantitative estimate of drug-likeness (QED) is 0.732. The molecular weight excluding hydrogens is 266 g/mol. The van der Waals surface area contributed by atoms with Crippen molar-refractivity contribution in [1.29, 1.82) is 0 Å². The van der Waals surface area contributed by atoms with Crippen LogP contribution in [0.5, 0.6) is 0 Å². The second-order valence-corrected chi connectivity index (χ2v) is 4.97. The first-order valence-corrected chi connectivity index (χ1v) is 6.98. The van der Waals surface area contributed by atoms with Gasteiger partial charge < -0.3 is 14.3 Å². The van der Waals surface area contributed by atoms with Gasteiger partial charge in [0.1, 0.15) is 0 Å². The van der Waals surface area contributed by atoms with Crippen LogP contribution in [0.25, 0.3) is 11.0 Å². The van der Waals surface area contributed by atoms with Crippen LogP contribution in [-0.2, 0) is 6.54 Å². The molecule has 0 fully saturated rings. The molecule has 0 unspecified atom stereocenters. The summed E-state index contributed by atoms with van der Waals surface area (Å²) >= 11 is 0. The highest BCUT2D eigenvalue weighted by atomic mass is 16.3. The number of rotatable bonds is 5. The number of furan rings is 1. The Hall–Kier alpha value is -2.56. The summed E-state index contributed by atoms with van der Waals surface area (Å²) in [5, 5.41) is 2.87. The number of aryl methyl sites for hydroxylation is 2. The van der Waals surface area contributed by atoms with Crippen molar-refractivity contribution in [2.45, 2.75) is 19.9 Å². The number of carbonyl (C=O) groups excluding carboxylic acids is 1. The van der Waals surface area contributed by atoms with E-state index >= 15 is 0 Å². The second kappa shape index (κ2) is 5.83. The first-order valence-electron chi connectivity index (χ1n) is 6.98. The molecule has 0 atom stereocenters. The van der Waals surface area contributed by atoms with E-state index in [1.165, 1.54) is 6.26 Å². The Morgan fingerprint density at radius 1 is 1.33 bits per heavy atom. The number of aromatic nitrogens is 2. The van der Waals surface area contributed by atoms with Crippen LogP contribution in [0, 0.1) is 6.92 Å². The molecule has 0 spiro atoms. The van der Waals surface area contributed by atoms with Gasteiger partial charge in [0, 0.05) is 18.7 Å². The Morgan fingerprint density at radius 3 is 3.00 bits per heavy atom. The molecule has 108 valence electrons. The van der Waals surface area contributed by atoms with Crippen molar-refractivity contribution in [1.82, 2.24) is 14.9 Å². The molecule has 1 amide bonds. The lowest BCUT2D eigenvalue weighted by atomic mass is 10.2. The van der Waals surface area contributed by atoms with Gasteiger partial charge in [-0.3, -0.25) is 4.79 Å². The van der Waals surface area contributed by atoms with Crippen LogP contribution < -0.4 is 5.32 Å². The van der Waals surface area contributed by atoms with Gasteiger partial charge >= 0.3 is 0 Å². The summed E-state index contributed by atoms with van der Waals surface area (Å²) in [4.78, 5) is 16.2. The summed E-state index contributed by atoms with van der Waals surface area (Å²) in [5.41, 5.74) is 2.96. The number of hydrogen-bond acceptors (Lipinski definition) is 3. The Balaban J connectivity index is 1.53. The van der Waals surface area contributed by atoms with E-state index in [4.69, 9.17) is 4.42 Å². The number of nitrogens with zero attached hydrogens (tertiary/aromatic N) is 2. The van der Waals surface area contributed by atoms with Crippen LogP contribution in [0.1, 0.15) is 22.5 Å². The average Bonchev–Trinajstić information content (AvgIpc) is 3.10. The fourth-order valence-corrected chi connectivity index (χ4v) is 2.33. The monoisotopic (exact) mass is 283 g/mol. The minimum atomic E-state index is -0.159. The predicted octanol–water partition coefficient (Wildman–Crippen LogP) is 2.76. The van der Waals surface area contributed by atoms with Crippen LogP contribution in [0.15, 0.2) is 47.3 Å². The normalized spacial score (nSPS) is 10.9. The summed E-state index contributed by atoms with van der Waals surface area (Å²) < 4.78 is 7.26. The van der Waals surface area contributed by atoms with Gasteiger partial charge in [0.15, 0.2) is 5.76 Å². The summed E-state index contributed by atoms with van der Waals surface area (Å²) in [7, 11) is 0. The summed E-state index contributed by atoms with van der Waals surface area (Å²) in [6.45, 7) is 3.28. The van der Waals surface area contributed by atoms with Gasteiger partial charge in [-0.1, -0.05) is 12.1 Å². The molecule has 5 nitrogen and oxygen atoms in total. The maximum Gasteiger partial charge on any atom is 0.287 e. The van der Waals surface area contributed by atoms with Gasteiger partial charge in [0.25, 0.3) is 5.91 Å². The number of carbonyl (C=O) groups is 1. The summed E-state index contributed by atoms with van der Waals surface area (Å²) in [6.07, 6.45) is 4.21. The van der Waals surface area contributed by atoms with E-state index in [0.717, 1.165) is 29.6 Å². The maximum absolute atomic E-state index is 11.9. The number of fused-ring (bicyclic) bond motifs is 1. The molecule has 5 heteroatoms. The second-order valence-electron chi connectivity index (χ2n) is 4.97. The standard InChI is InChI=1S/C16H17N3O2/c1-12-7-10-21-15(12)16(20)17-8-4-9-19-11-18-13-5-2-3-6-14(13)19/h2-3,5-7,10-11H,4,8-9H2,1H3,(H,17,20). The highest BCUT2D eigenvalue weighted by Crippen LogP contribution is 2.12. The lowest BCUT2D eigenvalue weighted by Gasteiger charge is -2.06. The van der Waals surface area contributed by atoms with E-state index in [-0.39, 0.29) is 5.91 Å². The first kappa shape index (κ1) is 13.4. The van der Waals surface area contributed by atoms with Crippen LogP contribution in [0.2, 0.25) is 0 Å². The average molecular weight is 283 g/mol. The lowest BCUT2D eigenvalue weighted by molar-refractivity contribution is 0.0924. The van der Waals surface area contributed by atoms with E-state index in [0.29, 0.717) is 12.3 Å². The fraction of sp³-hybridized carbons (Fsp3) is 0.250. The van der Waals surface area contributed by atoms with Gasteiger partial charge in [0.2, 0.25) is 0 Å². The highest BCUT2D eigenvalue weighted by molar-refractivity contribution is 5.92. The van der Waals surface area contributed by atoms with Crippen molar-refractivity contribution >= 4 is 16.9 Å². The predicted molar refractivity (Wildman–Crippen MR) is 80.1 cm³/mol. The van der Waals surface area contributed by atoms with Crippen LogP contribution in [0.3, 0.4) is 0 Å². The Kier molecular flexibility index (Phi) is 3.73. The highest BCUT2D eigenvalue weighted by Gasteiger charge is 2.11. The molecule has 0 radical (unpaired) electrons. The molecule has 3 rings (SSSR count). The number of nitrogens with one attached hydrogen (secondary N) is 1. The molecule has 0 aliphatic heterocycles. The number of benzene rings is 1. The molecule has 21 heavy (non-hydrogen) atoms. The minimum absolute atomic E-state index is 0.159. The van der Waals surface area contributed by atoms with Gasteiger partial charge in [-0.05, 0) is 31.5 Å². The summed E-state index contributed by atoms with van der Waals surface area (Å²) in [5.74, 6) is 0.232. The first-order chi connectivity index (χ1) is 10.3. The van der Waals surface area contributed by atoms with E-state index in [2.05, 4.69) is 14.9 Å². The smallest absolute Gasteiger partial charge is 0.287 e. The Morgan fingerprint density at radius 2 is 2.19 bits per heavy atom.